The van der Waals surface area contributed by atoms with Crippen molar-refractivity contribution in [1.82, 2.24) is 10.2 Å². The van der Waals surface area contributed by atoms with Crippen molar-refractivity contribution >= 4 is 17.5 Å². The lowest BCUT2D eigenvalue weighted by Gasteiger charge is -2.29. The number of halogens is 1. The van der Waals surface area contributed by atoms with E-state index in [0.717, 1.165) is 43.2 Å². The summed E-state index contributed by atoms with van der Waals surface area (Å²) in [7, 11) is 0. The number of hydrogen-bond acceptors (Lipinski definition) is 3. The second-order valence-corrected chi connectivity index (χ2v) is 5.35. The Hall–Kier alpha value is -1.26. The van der Waals surface area contributed by atoms with Crippen molar-refractivity contribution in [3.05, 3.63) is 28.8 Å². The van der Waals surface area contributed by atoms with Gasteiger partial charge in [0, 0.05) is 31.2 Å². The Morgan fingerprint density at radius 1 is 1.45 bits per heavy atom. The van der Waals surface area contributed by atoms with Crippen molar-refractivity contribution in [3.8, 4) is 5.75 Å². The highest BCUT2D eigenvalue weighted by atomic mass is 35.5. The van der Waals surface area contributed by atoms with Crippen LogP contribution in [0.4, 0.5) is 0 Å². The molecule has 2 rings (SSSR count). The van der Waals surface area contributed by atoms with Gasteiger partial charge in [0.25, 0.3) is 5.91 Å². The summed E-state index contributed by atoms with van der Waals surface area (Å²) in [5.74, 6) is 0.738. The SMILES string of the molecule is CCc1cc(OC(C)C(=O)N2CCNCC2)ccc1Cl. The molecule has 1 unspecified atom stereocenters. The van der Waals surface area contributed by atoms with E-state index in [1.165, 1.54) is 0 Å². The summed E-state index contributed by atoms with van der Waals surface area (Å²) in [6, 6.07) is 5.53. The van der Waals surface area contributed by atoms with Crippen LogP contribution in [-0.2, 0) is 11.2 Å². The lowest BCUT2D eigenvalue weighted by atomic mass is 10.1. The van der Waals surface area contributed by atoms with E-state index in [0.29, 0.717) is 5.75 Å². The minimum atomic E-state index is -0.473. The molecule has 1 N–H and O–H groups in total. The number of aryl methyl sites for hydroxylation is 1. The Kier molecular flexibility index (Phi) is 5.26. The zero-order chi connectivity index (χ0) is 14.5. The van der Waals surface area contributed by atoms with Crippen LogP contribution in [0.25, 0.3) is 0 Å². The quantitative estimate of drug-likeness (QED) is 0.925. The van der Waals surface area contributed by atoms with E-state index in [1.54, 1.807) is 6.92 Å². The van der Waals surface area contributed by atoms with Gasteiger partial charge in [0.2, 0.25) is 0 Å². The zero-order valence-corrected chi connectivity index (χ0v) is 12.7. The van der Waals surface area contributed by atoms with Gasteiger partial charge in [-0.05, 0) is 37.1 Å². The Balaban J connectivity index is 1.99. The van der Waals surface area contributed by atoms with Crippen molar-refractivity contribution in [1.29, 1.82) is 0 Å². The molecule has 1 aromatic carbocycles. The number of nitrogens with one attached hydrogen (secondary N) is 1. The number of hydrogen-bond donors (Lipinski definition) is 1. The topological polar surface area (TPSA) is 41.6 Å². The second-order valence-electron chi connectivity index (χ2n) is 4.94. The van der Waals surface area contributed by atoms with E-state index in [1.807, 2.05) is 30.0 Å². The van der Waals surface area contributed by atoms with Gasteiger partial charge in [-0.15, -0.1) is 0 Å². The normalized spacial score (nSPS) is 16.9. The molecule has 1 heterocycles. The van der Waals surface area contributed by atoms with E-state index >= 15 is 0 Å². The molecule has 1 aliphatic rings. The first-order valence-electron chi connectivity index (χ1n) is 7.06. The highest BCUT2D eigenvalue weighted by Crippen LogP contribution is 2.23. The van der Waals surface area contributed by atoms with Crippen molar-refractivity contribution in [2.75, 3.05) is 26.2 Å². The molecule has 0 saturated carbocycles. The third-order valence-electron chi connectivity index (χ3n) is 3.49. The molecule has 1 fully saturated rings. The van der Waals surface area contributed by atoms with Crippen LogP contribution in [0.2, 0.25) is 5.02 Å². The summed E-state index contributed by atoms with van der Waals surface area (Å²) < 4.78 is 5.76. The van der Waals surface area contributed by atoms with Crippen LogP contribution in [0.15, 0.2) is 18.2 Å². The van der Waals surface area contributed by atoms with Gasteiger partial charge in [0.1, 0.15) is 5.75 Å². The van der Waals surface area contributed by atoms with Gasteiger partial charge in [-0.2, -0.15) is 0 Å². The Morgan fingerprint density at radius 2 is 2.15 bits per heavy atom. The van der Waals surface area contributed by atoms with E-state index in [4.69, 9.17) is 16.3 Å². The van der Waals surface area contributed by atoms with Crippen LogP contribution < -0.4 is 10.1 Å². The van der Waals surface area contributed by atoms with Gasteiger partial charge in [0.15, 0.2) is 6.10 Å². The summed E-state index contributed by atoms with van der Waals surface area (Å²) in [5, 5.41) is 3.97. The molecule has 1 amide bonds. The molecule has 0 radical (unpaired) electrons. The van der Waals surface area contributed by atoms with Crippen LogP contribution >= 0.6 is 11.6 Å². The van der Waals surface area contributed by atoms with Crippen LogP contribution in [-0.4, -0.2) is 43.1 Å². The van der Waals surface area contributed by atoms with E-state index < -0.39 is 6.10 Å². The number of piperazine rings is 1. The number of amides is 1. The molecule has 0 spiro atoms. The highest BCUT2D eigenvalue weighted by Gasteiger charge is 2.23. The average molecular weight is 297 g/mol. The summed E-state index contributed by atoms with van der Waals surface area (Å²) in [4.78, 5) is 14.1. The fourth-order valence-electron chi connectivity index (χ4n) is 2.29. The molecule has 4 nitrogen and oxygen atoms in total. The minimum absolute atomic E-state index is 0.0412. The maximum Gasteiger partial charge on any atom is 0.263 e. The van der Waals surface area contributed by atoms with Crippen molar-refractivity contribution in [2.45, 2.75) is 26.4 Å². The second kappa shape index (κ2) is 6.95. The standard InChI is InChI=1S/C15H21ClN2O2/c1-3-12-10-13(4-5-14(12)16)20-11(2)15(19)18-8-6-17-7-9-18/h4-5,10-11,17H,3,6-9H2,1-2H3. The van der Waals surface area contributed by atoms with Gasteiger partial charge < -0.3 is 15.0 Å². The molecule has 1 saturated heterocycles. The van der Waals surface area contributed by atoms with Crippen LogP contribution in [0.3, 0.4) is 0 Å². The number of carbonyl (C=O) groups is 1. The summed E-state index contributed by atoms with van der Waals surface area (Å²) in [5.41, 5.74) is 1.03. The number of ether oxygens (including phenoxy) is 1. The first-order chi connectivity index (χ1) is 9.61. The summed E-state index contributed by atoms with van der Waals surface area (Å²) in [6.45, 7) is 7.02. The van der Waals surface area contributed by atoms with Crippen LogP contribution in [0, 0.1) is 0 Å². The first-order valence-corrected chi connectivity index (χ1v) is 7.44. The Labute approximate surface area is 125 Å². The molecular weight excluding hydrogens is 276 g/mol. The number of carbonyl (C=O) groups excluding carboxylic acids is 1. The molecular formula is C15H21ClN2O2. The fourth-order valence-corrected chi connectivity index (χ4v) is 2.54. The predicted molar refractivity (Wildman–Crippen MR) is 80.4 cm³/mol. The summed E-state index contributed by atoms with van der Waals surface area (Å²) >= 11 is 6.08. The molecule has 20 heavy (non-hydrogen) atoms. The minimum Gasteiger partial charge on any atom is -0.481 e. The van der Waals surface area contributed by atoms with Crippen LogP contribution in [0.5, 0.6) is 5.75 Å². The Morgan fingerprint density at radius 3 is 2.80 bits per heavy atom. The number of nitrogens with zero attached hydrogens (tertiary/aromatic N) is 1. The number of benzene rings is 1. The molecule has 0 aromatic heterocycles. The highest BCUT2D eigenvalue weighted by molar-refractivity contribution is 6.31. The largest absolute Gasteiger partial charge is 0.481 e. The maximum absolute atomic E-state index is 12.3. The van der Waals surface area contributed by atoms with Gasteiger partial charge in [-0.3, -0.25) is 4.79 Å². The van der Waals surface area contributed by atoms with Gasteiger partial charge >= 0.3 is 0 Å². The first kappa shape index (κ1) is 15.1. The maximum atomic E-state index is 12.3. The van der Waals surface area contributed by atoms with Crippen LogP contribution in [0.1, 0.15) is 19.4 Å². The fraction of sp³-hybridized carbons (Fsp3) is 0.533. The third-order valence-corrected chi connectivity index (χ3v) is 3.86. The van der Waals surface area contributed by atoms with Crippen molar-refractivity contribution in [3.63, 3.8) is 0 Å². The molecule has 1 atom stereocenters. The lowest BCUT2D eigenvalue weighted by Crippen LogP contribution is -2.50. The lowest BCUT2D eigenvalue weighted by molar-refractivity contribution is -0.138. The van der Waals surface area contributed by atoms with Gasteiger partial charge in [-0.1, -0.05) is 18.5 Å². The molecule has 0 bridgehead atoms. The smallest absolute Gasteiger partial charge is 0.263 e. The number of rotatable bonds is 4. The molecule has 110 valence electrons. The predicted octanol–water partition coefficient (Wildman–Crippen LogP) is 2.10. The molecule has 0 aliphatic carbocycles. The third kappa shape index (κ3) is 3.64. The van der Waals surface area contributed by atoms with E-state index in [-0.39, 0.29) is 5.91 Å². The summed E-state index contributed by atoms with van der Waals surface area (Å²) in [6.07, 6.45) is 0.370. The average Bonchev–Trinajstić information content (AvgIpc) is 2.49. The monoisotopic (exact) mass is 296 g/mol. The molecule has 1 aliphatic heterocycles. The molecule has 1 aromatic rings. The van der Waals surface area contributed by atoms with Gasteiger partial charge in [-0.25, -0.2) is 0 Å². The van der Waals surface area contributed by atoms with E-state index in [2.05, 4.69) is 5.32 Å². The van der Waals surface area contributed by atoms with E-state index in [9.17, 15) is 4.79 Å². The Bertz CT molecular complexity index is 473. The van der Waals surface area contributed by atoms with Crippen molar-refractivity contribution < 1.29 is 9.53 Å². The van der Waals surface area contributed by atoms with Gasteiger partial charge in [0.05, 0.1) is 0 Å². The van der Waals surface area contributed by atoms with Crippen molar-refractivity contribution in [2.24, 2.45) is 0 Å². The zero-order valence-electron chi connectivity index (χ0n) is 12.0. The molecule has 5 heteroatoms.